The molecule has 0 spiro atoms. The lowest BCUT2D eigenvalue weighted by atomic mass is 10.0. The molecule has 5 heteroatoms. The minimum Gasteiger partial charge on any atom is -0.459 e. The zero-order valence-corrected chi connectivity index (χ0v) is 11.5. The predicted molar refractivity (Wildman–Crippen MR) is 78.2 cm³/mol. The normalized spacial score (nSPS) is 13.6. The van der Waals surface area contributed by atoms with E-state index in [0.717, 1.165) is 18.5 Å². The predicted octanol–water partition coefficient (Wildman–Crippen LogP) is 1.99. The molecule has 0 atom stereocenters. The highest BCUT2D eigenvalue weighted by Gasteiger charge is 2.22. The van der Waals surface area contributed by atoms with Crippen LogP contribution in [0, 0.1) is 0 Å². The average molecular weight is 284 g/mol. The first-order chi connectivity index (χ1) is 10.3. The first kappa shape index (κ1) is 13.4. The first-order valence-corrected chi connectivity index (χ1v) is 6.95. The van der Waals surface area contributed by atoms with E-state index in [4.69, 9.17) is 4.42 Å². The van der Waals surface area contributed by atoms with Crippen molar-refractivity contribution >= 4 is 17.5 Å². The quantitative estimate of drug-likeness (QED) is 0.937. The third-order valence-electron chi connectivity index (χ3n) is 3.56. The molecule has 1 aromatic carbocycles. The molecule has 108 valence electrons. The summed E-state index contributed by atoms with van der Waals surface area (Å²) in [6, 6.07) is 11.1. The van der Waals surface area contributed by atoms with Gasteiger partial charge in [-0.05, 0) is 36.6 Å². The number of aryl methyl sites for hydroxylation is 1. The van der Waals surface area contributed by atoms with Crippen molar-refractivity contribution in [2.24, 2.45) is 0 Å². The molecular weight excluding hydrogens is 268 g/mol. The minimum atomic E-state index is -0.376. The van der Waals surface area contributed by atoms with Crippen molar-refractivity contribution in [2.75, 3.05) is 18.0 Å². The van der Waals surface area contributed by atoms with Crippen LogP contribution >= 0.6 is 0 Å². The number of rotatable bonds is 3. The average Bonchev–Trinajstić information content (AvgIpc) is 3.06. The molecule has 0 saturated heterocycles. The number of carbonyl (C=O) groups excluding carboxylic acids is 2. The van der Waals surface area contributed by atoms with E-state index in [0.29, 0.717) is 6.54 Å². The van der Waals surface area contributed by atoms with Gasteiger partial charge in [-0.2, -0.15) is 0 Å². The summed E-state index contributed by atoms with van der Waals surface area (Å²) in [6.45, 7) is 0.653. The number of amides is 2. The van der Waals surface area contributed by atoms with Crippen molar-refractivity contribution in [3.8, 4) is 0 Å². The van der Waals surface area contributed by atoms with Crippen LogP contribution < -0.4 is 10.2 Å². The van der Waals surface area contributed by atoms with Crippen LogP contribution in [0.15, 0.2) is 47.1 Å². The number of anilines is 1. The lowest BCUT2D eigenvalue weighted by Crippen LogP contribution is -2.42. The highest BCUT2D eigenvalue weighted by atomic mass is 16.3. The van der Waals surface area contributed by atoms with Crippen LogP contribution in [0.1, 0.15) is 22.5 Å². The second kappa shape index (κ2) is 5.83. The molecule has 0 unspecified atom stereocenters. The van der Waals surface area contributed by atoms with Crippen molar-refractivity contribution in [1.29, 1.82) is 0 Å². The molecule has 0 aliphatic carbocycles. The highest BCUT2D eigenvalue weighted by Crippen LogP contribution is 2.26. The second-order valence-electron chi connectivity index (χ2n) is 4.94. The molecule has 2 aromatic rings. The molecule has 1 aliphatic rings. The zero-order valence-electron chi connectivity index (χ0n) is 11.5. The van der Waals surface area contributed by atoms with Gasteiger partial charge >= 0.3 is 0 Å². The Bertz CT molecular complexity index is 649. The number of hydrogen-bond donors (Lipinski definition) is 1. The van der Waals surface area contributed by atoms with E-state index in [1.54, 1.807) is 17.0 Å². The smallest absolute Gasteiger partial charge is 0.287 e. The lowest BCUT2D eigenvalue weighted by molar-refractivity contribution is -0.117. The summed E-state index contributed by atoms with van der Waals surface area (Å²) in [4.78, 5) is 25.8. The molecule has 0 bridgehead atoms. The maximum Gasteiger partial charge on any atom is 0.287 e. The zero-order chi connectivity index (χ0) is 14.7. The van der Waals surface area contributed by atoms with Gasteiger partial charge in [0.1, 0.15) is 0 Å². The van der Waals surface area contributed by atoms with Crippen LogP contribution in [0.2, 0.25) is 0 Å². The van der Waals surface area contributed by atoms with Crippen LogP contribution in [-0.2, 0) is 11.2 Å². The number of hydrogen-bond acceptors (Lipinski definition) is 3. The van der Waals surface area contributed by atoms with Crippen molar-refractivity contribution in [3.63, 3.8) is 0 Å². The topological polar surface area (TPSA) is 62.6 Å². The Morgan fingerprint density at radius 2 is 2.05 bits per heavy atom. The van der Waals surface area contributed by atoms with Gasteiger partial charge in [-0.15, -0.1) is 0 Å². The van der Waals surface area contributed by atoms with Gasteiger partial charge in [-0.25, -0.2) is 0 Å². The fourth-order valence-corrected chi connectivity index (χ4v) is 2.54. The molecule has 2 amide bonds. The molecule has 0 radical (unpaired) electrons. The summed E-state index contributed by atoms with van der Waals surface area (Å²) in [6.07, 6.45) is 3.35. The van der Waals surface area contributed by atoms with E-state index in [1.807, 2.05) is 24.3 Å². The fraction of sp³-hybridized carbons (Fsp3) is 0.250. The van der Waals surface area contributed by atoms with Gasteiger partial charge < -0.3 is 14.6 Å². The van der Waals surface area contributed by atoms with E-state index in [9.17, 15) is 9.59 Å². The number of carbonyl (C=O) groups is 2. The van der Waals surface area contributed by atoms with Gasteiger partial charge in [-0.3, -0.25) is 9.59 Å². The molecule has 1 aliphatic heterocycles. The standard InChI is InChI=1S/C16H16N2O3/c19-15(11-17-16(20)14-8-4-10-21-14)18-9-3-6-12-5-1-2-7-13(12)18/h1-2,4-5,7-8,10H,3,6,9,11H2,(H,17,20). The maximum atomic E-state index is 12.3. The number of benzene rings is 1. The Morgan fingerprint density at radius 3 is 2.86 bits per heavy atom. The fourth-order valence-electron chi connectivity index (χ4n) is 2.54. The lowest BCUT2D eigenvalue weighted by Gasteiger charge is -2.29. The Kier molecular flexibility index (Phi) is 3.73. The van der Waals surface area contributed by atoms with Crippen LogP contribution in [0.25, 0.3) is 0 Å². The van der Waals surface area contributed by atoms with Gasteiger partial charge in [-0.1, -0.05) is 18.2 Å². The first-order valence-electron chi connectivity index (χ1n) is 6.95. The van der Waals surface area contributed by atoms with E-state index >= 15 is 0 Å². The number of fused-ring (bicyclic) bond motifs is 1. The summed E-state index contributed by atoms with van der Waals surface area (Å²) in [5.74, 6) is -0.275. The van der Waals surface area contributed by atoms with Gasteiger partial charge in [0.2, 0.25) is 5.91 Å². The van der Waals surface area contributed by atoms with Crippen molar-refractivity contribution in [3.05, 3.63) is 54.0 Å². The van der Waals surface area contributed by atoms with Gasteiger partial charge in [0, 0.05) is 12.2 Å². The largest absolute Gasteiger partial charge is 0.459 e. The third-order valence-corrected chi connectivity index (χ3v) is 3.56. The second-order valence-corrected chi connectivity index (χ2v) is 4.94. The number of furan rings is 1. The molecule has 0 fully saturated rings. The minimum absolute atomic E-state index is 0.0339. The number of nitrogens with one attached hydrogen (secondary N) is 1. The highest BCUT2D eigenvalue weighted by molar-refractivity contribution is 5.99. The molecule has 2 heterocycles. The van der Waals surface area contributed by atoms with Crippen LogP contribution in [-0.4, -0.2) is 24.9 Å². The van der Waals surface area contributed by atoms with Crippen molar-refractivity contribution in [1.82, 2.24) is 5.32 Å². The van der Waals surface area contributed by atoms with E-state index in [1.165, 1.54) is 11.8 Å². The van der Waals surface area contributed by atoms with Crippen LogP contribution in [0.4, 0.5) is 5.69 Å². The summed E-state index contributed by atoms with van der Waals surface area (Å²) < 4.78 is 4.99. The summed E-state index contributed by atoms with van der Waals surface area (Å²) in [5, 5.41) is 2.59. The Morgan fingerprint density at radius 1 is 1.19 bits per heavy atom. The molecule has 1 N–H and O–H groups in total. The van der Waals surface area contributed by atoms with Crippen LogP contribution in [0.3, 0.4) is 0 Å². The molecule has 5 nitrogen and oxygen atoms in total. The number of nitrogens with zero attached hydrogens (tertiary/aromatic N) is 1. The summed E-state index contributed by atoms with van der Waals surface area (Å²) in [7, 11) is 0. The summed E-state index contributed by atoms with van der Waals surface area (Å²) in [5.41, 5.74) is 2.12. The van der Waals surface area contributed by atoms with E-state index in [2.05, 4.69) is 5.32 Å². The Labute approximate surface area is 122 Å². The molecule has 21 heavy (non-hydrogen) atoms. The molecular formula is C16H16N2O3. The van der Waals surface area contributed by atoms with Crippen molar-refractivity contribution in [2.45, 2.75) is 12.8 Å². The van der Waals surface area contributed by atoms with E-state index < -0.39 is 0 Å². The van der Waals surface area contributed by atoms with Gasteiger partial charge in [0.15, 0.2) is 5.76 Å². The SMILES string of the molecule is O=C(NCC(=O)N1CCCc2ccccc21)c1ccco1. The Balaban J connectivity index is 1.65. The molecule has 3 rings (SSSR count). The van der Waals surface area contributed by atoms with Gasteiger partial charge in [0.25, 0.3) is 5.91 Å². The summed E-state index contributed by atoms with van der Waals surface area (Å²) >= 11 is 0. The monoisotopic (exact) mass is 284 g/mol. The van der Waals surface area contributed by atoms with Crippen molar-refractivity contribution < 1.29 is 14.0 Å². The maximum absolute atomic E-state index is 12.3. The third kappa shape index (κ3) is 2.81. The Hall–Kier alpha value is -2.56. The van der Waals surface area contributed by atoms with Crippen LogP contribution in [0.5, 0.6) is 0 Å². The van der Waals surface area contributed by atoms with Gasteiger partial charge in [0.05, 0.1) is 12.8 Å². The number of para-hydroxylation sites is 1. The molecule has 0 saturated carbocycles. The molecule has 1 aromatic heterocycles. The van der Waals surface area contributed by atoms with E-state index in [-0.39, 0.29) is 24.1 Å².